The number of rotatable bonds is 6. The van der Waals surface area contributed by atoms with E-state index in [0.29, 0.717) is 25.9 Å². The lowest BCUT2D eigenvalue weighted by Crippen LogP contribution is -2.39. The van der Waals surface area contributed by atoms with Gasteiger partial charge >= 0.3 is 11.9 Å². The summed E-state index contributed by atoms with van der Waals surface area (Å²) in [5, 5.41) is 2.83. The van der Waals surface area contributed by atoms with Crippen LogP contribution in [0.5, 0.6) is 0 Å². The minimum Gasteiger partial charge on any atom is -0.349 e. The average molecular weight is 543 g/mol. The first-order chi connectivity index (χ1) is 18.2. The molecule has 1 aliphatic rings. The predicted molar refractivity (Wildman–Crippen MR) is 139 cm³/mol. The molecule has 10 heteroatoms. The summed E-state index contributed by atoms with van der Waals surface area (Å²) in [5.41, 5.74) is 1.14. The fraction of sp³-hybridized carbons (Fsp3) is 0.321. The van der Waals surface area contributed by atoms with Crippen molar-refractivity contribution in [1.29, 1.82) is 0 Å². The fourth-order valence-corrected chi connectivity index (χ4v) is 5.41. The third-order valence-electron chi connectivity index (χ3n) is 7.17. The topological polar surface area (TPSA) is 68.9 Å². The van der Waals surface area contributed by atoms with Gasteiger partial charge in [-0.3, -0.25) is 18.9 Å². The lowest BCUT2D eigenvalue weighted by Gasteiger charge is -2.29. The summed E-state index contributed by atoms with van der Waals surface area (Å²) in [4.78, 5) is 30.2. The minimum atomic E-state index is -4.65. The fourth-order valence-electron chi connectivity index (χ4n) is 5.23. The van der Waals surface area contributed by atoms with Gasteiger partial charge in [-0.15, -0.1) is 0 Å². The number of hydrogen-bond donors (Lipinski definition) is 1. The quantitative estimate of drug-likeness (QED) is 0.329. The van der Waals surface area contributed by atoms with Crippen LogP contribution < -0.4 is 11.0 Å². The molecule has 0 saturated heterocycles. The van der Waals surface area contributed by atoms with E-state index in [4.69, 9.17) is 11.6 Å². The number of carbonyl (C=O) groups excluding carboxylic acids is 1. The van der Waals surface area contributed by atoms with E-state index in [1.165, 1.54) is 0 Å². The number of carbonyl (C=O) groups is 1. The van der Waals surface area contributed by atoms with Crippen LogP contribution in [0.2, 0.25) is 5.02 Å². The molecule has 5 rings (SSSR count). The number of pyridine rings is 1. The minimum absolute atomic E-state index is 0.0698. The highest BCUT2D eigenvalue weighted by Crippen LogP contribution is 2.34. The normalized spacial score (nSPS) is 18.0. The Labute approximate surface area is 222 Å². The predicted octanol–water partition coefficient (Wildman–Crippen LogP) is 5.91. The molecule has 0 bridgehead atoms. The number of nitrogens with zero attached hydrogens (tertiary/aromatic N) is 3. The van der Waals surface area contributed by atoms with Crippen LogP contribution in [-0.4, -0.2) is 26.1 Å². The van der Waals surface area contributed by atoms with Crippen LogP contribution >= 0.6 is 11.6 Å². The summed E-state index contributed by atoms with van der Waals surface area (Å²) < 4.78 is 43.7. The maximum atomic E-state index is 13.4. The monoisotopic (exact) mass is 542 g/mol. The molecule has 198 valence electrons. The van der Waals surface area contributed by atoms with Gasteiger partial charge in [-0.05, 0) is 79.6 Å². The van der Waals surface area contributed by atoms with Gasteiger partial charge in [0.15, 0.2) is 0 Å². The van der Waals surface area contributed by atoms with Crippen LogP contribution in [0.15, 0.2) is 71.8 Å². The Kier molecular flexibility index (Phi) is 7.29. The molecule has 4 aromatic rings. The number of amides is 1. The molecule has 0 spiro atoms. The number of alkyl halides is 3. The molecule has 2 heterocycles. The van der Waals surface area contributed by atoms with E-state index in [1.54, 1.807) is 17.0 Å². The number of fused-ring (bicyclic) bond motifs is 1. The second kappa shape index (κ2) is 10.6. The second-order valence-corrected chi connectivity index (χ2v) is 10.1. The molecule has 2 aromatic heterocycles. The first-order valence-electron chi connectivity index (χ1n) is 12.5. The van der Waals surface area contributed by atoms with Crippen LogP contribution in [-0.2, 0) is 19.3 Å². The first-order valence-corrected chi connectivity index (χ1v) is 12.8. The van der Waals surface area contributed by atoms with Gasteiger partial charge in [0.05, 0.1) is 28.7 Å². The molecule has 0 unspecified atom stereocenters. The first kappa shape index (κ1) is 26.0. The van der Waals surface area contributed by atoms with E-state index in [9.17, 15) is 22.8 Å². The van der Waals surface area contributed by atoms with Gasteiger partial charge in [0.25, 0.3) is 5.91 Å². The van der Waals surface area contributed by atoms with Gasteiger partial charge < -0.3 is 5.32 Å². The summed E-state index contributed by atoms with van der Waals surface area (Å²) in [6.07, 6.45) is 1.45. The van der Waals surface area contributed by atoms with E-state index in [0.717, 1.165) is 47.6 Å². The van der Waals surface area contributed by atoms with Crippen molar-refractivity contribution < 1.29 is 18.0 Å². The summed E-state index contributed by atoms with van der Waals surface area (Å²) in [7, 11) is 0. The zero-order valence-electron chi connectivity index (χ0n) is 20.4. The molecule has 0 radical (unpaired) electrons. The van der Waals surface area contributed by atoms with Crippen LogP contribution in [0.25, 0.3) is 11.0 Å². The highest BCUT2D eigenvalue weighted by atomic mass is 35.5. The number of benzene rings is 2. The molecular formula is C28H26ClF3N4O2. The molecule has 0 aliphatic heterocycles. The second-order valence-electron chi connectivity index (χ2n) is 9.70. The molecule has 1 N–H and O–H groups in total. The molecule has 1 aliphatic carbocycles. The summed E-state index contributed by atoms with van der Waals surface area (Å²) >= 11 is 5.87. The Balaban J connectivity index is 1.27. The van der Waals surface area contributed by atoms with Crippen molar-refractivity contribution in [1.82, 2.24) is 19.4 Å². The summed E-state index contributed by atoms with van der Waals surface area (Å²) in [6, 6.07) is 14.2. The highest BCUT2D eigenvalue weighted by Gasteiger charge is 2.36. The van der Waals surface area contributed by atoms with Crippen molar-refractivity contribution in [3.63, 3.8) is 0 Å². The van der Waals surface area contributed by atoms with Crippen LogP contribution in [0.3, 0.4) is 0 Å². The van der Waals surface area contributed by atoms with Gasteiger partial charge in [-0.2, -0.15) is 13.2 Å². The van der Waals surface area contributed by atoms with Gasteiger partial charge in [0.2, 0.25) is 0 Å². The molecule has 1 fully saturated rings. The molecule has 0 atom stereocenters. The Morgan fingerprint density at radius 1 is 0.974 bits per heavy atom. The molecule has 1 amide bonds. The lowest BCUT2D eigenvalue weighted by atomic mass is 9.85. The number of para-hydroxylation sites is 2. The van der Waals surface area contributed by atoms with E-state index in [1.807, 2.05) is 41.0 Å². The smallest absolute Gasteiger partial charge is 0.349 e. The maximum absolute atomic E-state index is 13.4. The van der Waals surface area contributed by atoms with Crippen molar-refractivity contribution in [3.8, 4) is 0 Å². The van der Waals surface area contributed by atoms with E-state index in [2.05, 4.69) is 10.3 Å². The highest BCUT2D eigenvalue weighted by molar-refractivity contribution is 6.31. The number of halogens is 4. The van der Waals surface area contributed by atoms with E-state index >= 15 is 0 Å². The van der Waals surface area contributed by atoms with Gasteiger partial charge in [-0.25, -0.2) is 4.79 Å². The lowest BCUT2D eigenvalue weighted by molar-refractivity contribution is -0.137. The molecular weight excluding hydrogens is 517 g/mol. The zero-order valence-corrected chi connectivity index (χ0v) is 21.2. The van der Waals surface area contributed by atoms with Gasteiger partial charge in [0.1, 0.15) is 0 Å². The maximum Gasteiger partial charge on any atom is 0.417 e. The number of hydrogen-bond acceptors (Lipinski definition) is 3. The van der Waals surface area contributed by atoms with Gasteiger partial charge in [-0.1, -0.05) is 23.7 Å². The Morgan fingerprint density at radius 2 is 1.63 bits per heavy atom. The zero-order chi connectivity index (χ0) is 26.9. The largest absolute Gasteiger partial charge is 0.417 e. The number of nitrogens with one attached hydrogen (secondary N) is 1. The third-order valence-corrected chi connectivity index (χ3v) is 7.40. The van der Waals surface area contributed by atoms with E-state index in [-0.39, 0.29) is 22.7 Å². The number of aromatic nitrogens is 3. The summed E-state index contributed by atoms with van der Waals surface area (Å²) in [5.74, 6) is -0.573. The van der Waals surface area contributed by atoms with E-state index < -0.39 is 23.2 Å². The summed E-state index contributed by atoms with van der Waals surface area (Å²) in [6.45, 7) is 0.979. The Hall–Kier alpha value is -3.59. The van der Waals surface area contributed by atoms with Crippen molar-refractivity contribution in [2.24, 2.45) is 5.92 Å². The SMILES string of the molecule is O=C(N[C@H]1CC[C@H](Cn2c(=O)n(Cc3ccncc3)c3ccccc32)CC1)c1cc(Cl)ccc1C(F)(F)F. The molecule has 1 saturated carbocycles. The van der Waals surface area contributed by atoms with Crippen LogP contribution in [0.1, 0.15) is 47.2 Å². The standard InChI is InChI=1S/C28H26ClF3N4O2/c29-20-7-10-23(28(30,31)32)22(15-20)26(37)34-21-8-5-18(6-9-21)16-35-24-3-1-2-4-25(24)36(27(35)38)17-19-11-13-33-14-12-19/h1-4,7,10-15,18,21H,5-6,8-9,16-17H2,(H,34,37)/t18-,21-. The Morgan fingerprint density at radius 3 is 2.29 bits per heavy atom. The average Bonchev–Trinajstić information content (AvgIpc) is 3.15. The van der Waals surface area contributed by atoms with Crippen molar-refractivity contribution in [2.45, 2.75) is 51.0 Å². The van der Waals surface area contributed by atoms with Crippen molar-refractivity contribution in [2.75, 3.05) is 0 Å². The Bertz CT molecular complexity index is 1510. The molecule has 6 nitrogen and oxygen atoms in total. The van der Waals surface area contributed by atoms with Crippen molar-refractivity contribution >= 4 is 28.5 Å². The number of imidazole rings is 1. The van der Waals surface area contributed by atoms with Crippen molar-refractivity contribution in [3.05, 3.63) is 99.2 Å². The van der Waals surface area contributed by atoms with Crippen LogP contribution in [0, 0.1) is 5.92 Å². The van der Waals surface area contributed by atoms with Gasteiger partial charge in [0, 0.05) is 30.0 Å². The van der Waals surface area contributed by atoms with Crippen LogP contribution in [0.4, 0.5) is 13.2 Å². The third kappa shape index (κ3) is 5.48. The molecule has 38 heavy (non-hydrogen) atoms. The molecule has 2 aromatic carbocycles.